The number of anilines is 2. The van der Waals surface area contributed by atoms with E-state index >= 15 is 0 Å². The number of aromatic hydroxyl groups is 2. The van der Waals surface area contributed by atoms with E-state index in [2.05, 4.69) is 4.98 Å². The number of benzene rings is 2. The minimum atomic E-state index is -4.18. The maximum atomic E-state index is 13.7. The molecule has 7 nitrogen and oxygen atoms in total. The second-order valence-corrected chi connectivity index (χ2v) is 10.7. The van der Waals surface area contributed by atoms with Gasteiger partial charge < -0.3 is 15.1 Å². The lowest BCUT2D eigenvalue weighted by Crippen LogP contribution is -2.29. The summed E-state index contributed by atoms with van der Waals surface area (Å²) in [5.74, 6) is -1.04. The highest BCUT2D eigenvalue weighted by Crippen LogP contribution is 2.45. The zero-order valence-corrected chi connectivity index (χ0v) is 21.1. The standard InChI is InChI=1S/C27H33N3O4S/c1-3-5-16-23-24(30(4-2)22-14-10-7-11-15-22)25(31)26(27(32)28-23)35(33,34)29-18-17-21(19-29)20-12-8-6-9-13-20/h6-15,21H,3-5,16-19H2,1-2H3,(H2,28,31,32)/t21-/m0/s1. The van der Waals surface area contributed by atoms with Crippen molar-refractivity contribution >= 4 is 21.4 Å². The lowest BCUT2D eigenvalue weighted by molar-refractivity contribution is 0.396. The molecule has 2 aromatic carbocycles. The number of sulfonamides is 1. The molecule has 0 radical (unpaired) electrons. The van der Waals surface area contributed by atoms with Gasteiger partial charge in [0.25, 0.3) is 10.0 Å². The van der Waals surface area contributed by atoms with Crippen molar-refractivity contribution in [3.05, 3.63) is 71.9 Å². The van der Waals surface area contributed by atoms with Gasteiger partial charge in [-0.1, -0.05) is 61.9 Å². The molecule has 1 fully saturated rings. The normalized spacial score (nSPS) is 16.5. The Balaban J connectivity index is 1.78. The number of pyridine rings is 1. The first-order chi connectivity index (χ1) is 16.9. The van der Waals surface area contributed by atoms with Crippen LogP contribution in [0.3, 0.4) is 0 Å². The Morgan fingerprint density at radius 3 is 2.31 bits per heavy atom. The Bertz CT molecular complexity index is 1250. The Morgan fingerprint density at radius 1 is 1.03 bits per heavy atom. The van der Waals surface area contributed by atoms with Gasteiger partial charge in [-0.25, -0.2) is 13.4 Å². The Hall–Kier alpha value is -3.10. The van der Waals surface area contributed by atoms with Crippen LogP contribution in [-0.4, -0.2) is 47.6 Å². The molecule has 1 aromatic heterocycles. The largest absolute Gasteiger partial charge is 0.504 e. The van der Waals surface area contributed by atoms with Gasteiger partial charge in [0.05, 0.1) is 5.69 Å². The first-order valence-electron chi connectivity index (χ1n) is 12.2. The maximum absolute atomic E-state index is 13.7. The molecule has 1 aliphatic rings. The molecule has 1 aliphatic heterocycles. The van der Waals surface area contributed by atoms with Crippen molar-refractivity contribution in [3.8, 4) is 11.6 Å². The van der Waals surface area contributed by atoms with Crippen molar-refractivity contribution < 1.29 is 18.6 Å². The fourth-order valence-corrected chi connectivity index (χ4v) is 6.37. The van der Waals surface area contributed by atoms with Gasteiger partial charge in [-0.2, -0.15) is 4.31 Å². The Kier molecular flexibility index (Phi) is 7.62. The van der Waals surface area contributed by atoms with Crippen molar-refractivity contribution in [1.29, 1.82) is 0 Å². The van der Waals surface area contributed by atoms with Gasteiger partial charge in [-0.05, 0) is 49.8 Å². The van der Waals surface area contributed by atoms with E-state index in [1.807, 2.05) is 79.4 Å². The average Bonchev–Trinajstić information content (AvgIpc) is 3.37. The smallest absolute Gasteiger partial charge is 0.252 e. The first-order valence-corrected chi connectivity index (χ1v) is 13.6. The molecule has 8 heteroatoms. The van der Waals surface area contributed by atoms with E-state index < -0.39 is 26.5 Å². The average molecular weight is 496 g/mol. The summed E-state index contributed by atoms with van der Waals surface area (Å²) in [6.45, 7) is 5.06. The van der Waals surface area contributed by atoms with E-state index in [0.29, 0.717) is 37.3 Å². The monoisotopic (exact) mass is 495 g/mol. The van der Waals surface area contributed by atoms with Gasteiger partial charge >= 0.3 is 0 Å². The molecule has 0 amide bonds. The van der Waals surface area contributed by atoms with E-state index in [-0.39, 0.29) is 12.5 Å². The molecular formula is C27H33N3O4S. The van der Waals surface area contributed by atoms with Crippen LogP contribution in [0.1, 0.15) is 50.3 Å². The first kappa shape index (κ1) is 25.0. The highest BCUT2D eigenvalue weighted by Gasteiger charge is 2.39. The molecule has 35 heavy (non-hydrogen) atoms. The Labute approximate surface area is 207 Å². The fraction of sp³-hybridized carbons (Fsp3) is 0.370. The van der Waals surface area contributed by atoms with Crippen molar-refractivity contribution in [2.24, 2.45) is 0 Å². The summed E-state index contributed by atoms with van der Waals surface area (Å²) in [5.41, 5.74) is 2.70. The number of para-hydroxylation sites is 1. The van der Waals surface area contributed by atoms with Crippen LogP contribution in [-0.2, 0) is 16.4 Å². The van der Waals surface area contributed by atoms with Crippen LogP contribution >= 0.6 is 0 Å². The van der Waals surface area contributed by atoms with Crippen molar-refractivity contribution in [3.63, 3.8) is 0 Å². The number of hydrogen-bond donors (Lipinski definition) is 2. The van der Waals surface area contributed by atoms with Crippen LogP contribution in [0, 0.1) is 0 Å². The number of rotatable bonds is 9. The van der Waals surface area contributed by atoms with E-state index in [4.69, 9.17) is 0 Å². The second kappa shape index (κ2) is 10.7. The lowest BCUT2D eigenvalue weighted by atomic mass is 9.99. The molecule has 2 N–H and O–H groups in total. The zero-order chi connectivity index (χ0) is 25.0. The molecule has 4 rings (SSSR count). The lowest BCUT2D eigenvalue weighted by Gasteiger charge is -2.28. The van der Waals surface area contributed by atoms with E-state index in [0.717, 1.165) is 24.1 Å². The van der Waals surface area contributed by atoms with E-state index in [9.17, 15) is 18.6 Å². The fourth-order valence-electron chi connectivity index (χ4n) is 4.77. The van der Waals surface area contributed by atoms with Gasteiger partial charge in [0, 0.05) is 25.3 Å². The van der Waals surface area contributed by atoms with Crippen molar-refractivity contribution in [2.75, 3.05) is 24.5 Å². The number of aromatic nitrogens is 1. The highest BCUT2D eigenvalue weighted by molar-refractivity contribution is 7.89. The van der Waals surface area contributed by atoms with Crippen molar-refractivity contribution in [2.45, 2.75) is 50.3 Å². The summed E-state index contributed by atoms with van der Waals surface area (Å²) in [5, 5.41) is 22.2. The summed E-state index contributed by atoms with van der Waals surface area (Å²) in [7, 11) is -4.18. The molecule has 2 heterocycles. The quantitative estimate of drug-likeness (QED) is 0.425. The van der Waals surface area contributed by atoms with Gasteiger partial charge in [0.15, 0.2) is 10.6 Å². The third kappa shape index (κ3) is 4.99. The minimum Gasteiger partial charge on any atom is -0.504 e. The van der Waals surface area contributed by atoms with Crippen LogP contribution in [0.25, 0.3) is 0 Å². The third-order valence-electron chi connectivity index (χ3n) is 6.60. The number of aryl methyl sites for hydroxylation is 1. The summed E-state index contributed by atoms with van der Waals surface area (Å²) < 4.78 is 28.8. The van der Waals surface area contributed by atoms with Crippen LogP contribution in [0.15, 0.2) is 65.6 Å². The Morgan fingerprint density at radius 2 is 1.69 bits per heavy atom. The summed E-state index contributed by atoms with van der Waals surface area (Å²) >= 11 is 0. The van der Waals surface area contributed by atoms with E-state index in [1.165, 1.54) is 4.31 Å². The SMILES string of the molecule is CCCCc1nc(O)c(S(=O)(=O)N2CC[C@H](c3ccccc3)C2)c(O)c1N(CC)c1ccccc1. The minimum absolute atomic E-state index is 0.0583. The molecular weight excluding hydrogens is 462 g/mol. The van der Waals surface area contributed by atoms with Gasteiger partial charge in [-0.15, -0.1) is 0 Å². The maximum Gasteiger partial charge on any atom is 0.252 e. The van der Waals surface area contributed by atoms with Crippen LogP contribution in [0.2, 0.25) is 0 Å². The molecule has 0 spiro atoms. The number of hydrogen-bond acceptors (Lipinski definition) is 6. The topological polar surface area (TPSA) is 94.0 Å². The number of nitrogens with zero attached hydrogens (tertiary/aromatic N) is 3. The van der Waals surface area contributed by atoms with Crippen LogP contribution in [0.5, 0.6) is 11.6 Å². The third-order valence-corrected chi connectivity index (χ3v) is 8.50. The summed E-state index contributed by atoms with van der Waals surface area (Å²) in [6.07, 6.45) is 2.87. The molecule has 0 bridgehead atoms. The van der Waals surface area contributed by atoms with Gasteiger partial charge in [0.1, 0.15) is 5.69 Å². The predicted octanol–water partition coefficient (Wildman–Crippen LogP) is 5.17. The zero-order valence-electron chi connectivity index (χ0n) is 20.3. The molecule has 0 unspecified atom stereocenters. The molecule has 3 aromatic rings. The molecule has 0 aliphatic carbocycles. The highest BCUT2D eigenvalue weighted by atomic mass is 32.2. The molecule has 1 atom stereocenters. The van der Waals surface area contributed by atoms with Gasteiger partial charge in [0.2, 0.25) is 5.88 Å². The van der Waals surface area contributed by atoms with Crippen molar-refractivity contribution in [1.82, 2.24) is 9.29 Å². The summed E-state index contributed by atoms with van der Waals surface area (Å²) in [6, 6.07) is 19.3. The predicted molar refractivity (Wildman–Crippen MR) is 138 cm³/mol. The second-order valence-electron chi connectivity index (χ2n) is 8.85. The van der Waals surface area contributed by atoms with Crippen LogP contribution in [0.4, 0.5) is 11.4 Å². The van der Waals surface area contributed by atoms with Gasteiger partial charge in [-0.3, -0.25) is 0 Å². The number of unbranched alkanes of at least 4 members (excludes halogenated alkanes) is 1. The molecule has 0 saturated carbocycles. The molecule has 186 valence electrons. The summed E-state index contributed by atoms with van der Waals surface area (Å²) in [4.78, 5) is 5.66. The molecule has 1 saturated heterocycles. The van der Waals surface area contributed by atoms with Crippen LogP contribution < -0.4 is 4.90 Å². The van der Waals surface area contributed by atoms with E-state index in [1.54, 1.807) is 0 Å².